The molecule has 96 valence electrons. The van der Waals surface area contributed by atoms with Gasteiger partial charge in [0.2, 0.25) is 5.89 Å². The number of nitrogens with zero attached hydrogens (tertiary/aromatic N) is 2. The maximum atomic E-state index is 5.28. The van der Waals surface area contributed by atoms with Crippen molar-refractivity contribution in [2.45, 2.75) is 38.5 Å². The van der Waals surface area contributed by atoms with E-state index in [2.05, 4.69) is 15.5 Å². The Morgan fingerprint density at radius 3 is 3.00 bits per heavy atom. The standard InChI is InChI=1S/C12H21N3O2/c1-2-16-9-3-4-11-14-12(15-17-11)10-5-7-13-8-6-10/h10,13H,2-9H2,1H3. The van der Waals surface area contributed by atoms with Crippen molar-refractivity contribution in [1.29, 1.82) is 0 Å². The first-order valence-electron chi connectivity index (χ1n) is 6.51. The Hall–Kier alpha value is -0.940. The van der Waals surface area contributed by atoms with Gasteiger partial charge in [0.05, 0.1) is 0 Å². The number of hydrogen-bond donors (Lipinski definition) is 1. The van der Waals surface area contributed by atoms with E-state index < -0.39 is 0 Å². The van der Waals surface area contributed by atoms with Crippen molar-refractivity contribution < 1.29 is 9.26 Å². The summed E-state index contributed by atoms with van der Waals surface area (Å²) in [5.41, 5.74) is 0. The normalized spacial score (nSPS) is 17.5. The van der Waals surface area contributed by atoms with Crippen LogP contribution in [0.2, 0.25) is 0 Å². The van der Waals surface area contributed by atoms with Crippen molar-refractivity contribution in [2.75, 3.05) is 26.3 Å². The molecule has 0 radical (unpaired) electrons. The zero-order valence-electron chi connectivity index (χ0n) is 10.4. The fourth-order valence-corrected chi connectivity index (χ4v) is 2.09. The molecule has 0 atom stereocenters. The first-order chi connectivity index (χ1) is 8.40. The molecule has 0 unspecified atom stereocenters. The highest BCUT2D eigenvalue weighted by molar-refractivity contribution is 4.97. The smallest absolute Gasteiger partial charge is 0.226 e. The topological polar surface area (TPSA) is 60.2 Å². The number of aryl methyl sites for hydroxylation is 1. The zero-order valence-corrected chi connectivity index (χ0v) is 10.4. The van der Waals surface area contributed by atoms with E-state index in [0.29, 0.717) is 5.92 Å². The molecule has 0 bridgehead atoms. The van der Waals surface area contributed by atoms with Crippen molar-refractivity contribution >= 4 is 0 Å². The summed E-state index contributed by atoms with van der Waals surface area (Å²) in [6.07, 6.45) is 3.98. The van der Waals surface area contributed by atoms with Gasteiger partial charge >= 0.3 is 0 Å². The van der Waals surface area contributed by atoms with Crippen LogP contribution in [0.5, 0.6) is 0 Å². The van der Waals surface area contributed by atoms with Crippen molar-refractivity contribution in [1.82, 2.24) is 15.5 Å². The van der Waals surface area contributed by atoms with Gasteiger partial charge in [-0.1, -0.05) is 5.16 Å². The second-order valence-corrected chi connectivity index (χ2v) is 4.37. The highest BCUT2D eigenvalue weighted by Crippen LogP contribution is 2.22. The van der Waals surface area contributed by atoms with Crippen molar-refractivity contribution in [3.05, 3.63) is 11.7 Å². The zero-order chi connectivity index (χ0) is 11.9. The van der Waals surface area contributed by atoms with E-state index in [1.807, 2.05) is 6.92 Å². The Balaban J connectivity index is 1.78. The minimum absolute atomic E-state index is 0.473. The van der Waals surface area contributed by atoms with Crippen molar-refractivity contribution in [3.63, 3.8) is 0 Å². The van der Waals surface area contributed by atoms with Crippen molar-refractivity contribution in [3.8, 4) is 0 Å². The highest BCUT2D eigenvalue weighted by atomic mass is 16.5. The number of nitrogens with one attached hydrogen (secondary N) is 1. The predicted molar refractivity (Wildman–Crippen MR) is 64.0 cm³/mol. The van der Waals surface area contributed by atoms with Gasteiger partial charge < -0.3 is 14.6 Å². The molecule has 0 aliphatic carbocycles. The molecule has 0 spiro atoms. The molecule has 2 heterocycles. The molecule has 2 rings (SSSR count). The van der Waals surface area contributed by atoms with Crippen LogP contribution in [0.3, 0.4) is 0 Å². The van der Waals surface area contributed by atoms with Gasteiger partial charge in [-0.3, -0.25) is 0 Å². The van der Waals surface area contributed by atoms with Crippen molar-refractivity contribution in [2.24, 2.45) is 0 Å². The van der Waals surface area contributed by atoms with Crippen LogP contribution in [0.25, 0.3) is 0 Å². The molecular formula is C12H21N3O2. The lowest BCUT2D eigenvalue weighted by Crippen LogP contribution is -2.27. The molecule has 5 nitrogen and oxygen atoms in total. The predicted octanol–water partition coefficient (Wildman–Crippen LogP) is 1.51. The first-order valence-corrected chi connectivity index (χ1v) is 6.51. The van der Waals surface area contributed by atoms with Gasteiger partial charge in [-0.2, -0.15) is 4.98 Å². The summed E-state index contributed by atoms with van der Waals surface area (Å²) in [6, 6.07) is 0. The fourth-order valence-electron chi connectivity index (χ4n) is 2.09. The minimum atomic E-state index is 0.473. The lowest BCUT2D eigenvalue weighted by Gasteiger charge is -2.18. The Labute approximate surface area is 102 Å². The van der Waals surface area contributed by atoms with Crippen LogP contribution < -0.4 is 5.32 Å². The van der Waals surface area contributed by atoms with Crippen LogP contribution in [-0.2, 0) is 11.2 Å². The second-order valence-electron chi connectivity index (χ2n) is 4.37. The second kappa shape index (κ2) is 6.71. The molecule has 1 aliphatic rings. The maximum absolute atomic E-state index is 5.28. The summed E-state index contributed by atoms with van der Waals surface area (Å²) >= 11 is 0. The van der Waals surface area contributed by atoms with E-state index in [0.717, 1.165) is 63.7 Å². The molecule has 1 aromatic rings. The molecule has 17 heavy (non-hydrogen) atoms. The third-order valence-electron chi connectivity index (χ3n) is 3.07. The van der Waals surface area contributed by atoms with E-state index in [4.69, 9.17) is 9.26 Å². The minimum Gasteiger partial charge on any atom is -0.382 e. The van der Waals surface area contributed by atoms with Gasteiger partial charge in [0.25, 0.3) is 0 Å². The maximum Gasteiger partial charge on any atom is 0.226 e. The molecule has 1 aliphatic heterocycles. The van der Waals surface area contributed by atoms with E-state index in [-0.39, 0.29) is 0 Å². The third kappa shape index (κ3) is 3.78. The lowest BCUT2D eigenvalue weighted by molar-refractivity contribution is 0.143. The van der Waals surface area contributed by atoms with Crippen LogP contribution in [0.4, 0.5) is 0 Å². The molecule has 0 saturated carbocycles. The number of piperidine rings is 1. The van der Waals surface area contributed by atoms with Gasteiger partial charge in [0, 0.05) is 25.6 Å². The van der Waals surface area contributed by atoms with E-state index in [1.165, 1.54) is 0 Å². The Morgan fingerprint density at radius 2 is 2.24 bits per heavy atom. The van der Waals surface area contributed by atoms with Crippen LogP contribution in [0, 0.1) is 0 Å². The molecule has 1 fully saturated rings. The molecule has 0 amide bonds. The SMILES string of the molecule is CCOCCCc1nc(C2CCNCC2)no1. The Morgan fingerprint density at radius 1 is 1.41 bits per heavy atom. The fraction of sp³-hybridized carbons (Fsp3) is 0.833. The first kappa shape index (κ1) is 12.5. The third-order valence-corrected chi connectivity index (χ3v) is 3.07. The average molecular weight is 239 g/mol. The van der Waals surface area contributed by atoms with E-state index in [1.54, 1.807) is 0 Å². The molecule has 1 aromatic heterocycles. The van der Waals surface area contributed by atoms with Crippen LogP contribution in [0.15, 0.2) is 4.52 Å². The highest BCUT2D eigenvalue weighted by Gasteiger charge is 2.20. The van der Waals surface area contributed by atoms with Crippen LogP contribution in [-0.4, -0.2) is 36.4 Å². The summed E-state index contributed by atoms with van der Waals surface area (Å²) in [5, 5.41) is 7.42. The molecule has 1 saturated heterocycles. The number of aromatic nitrogens is 2. The molecule has 5 heteroatoms. The van der Waals surface area contributed by atoms with Gasteiger partial charge in [0.15, 0.2) is 5.82 Å². The summed E-state index contributed by atoms with van der Waals surface area (Å²) in [7, 11) is 0. The summed E-state index contributed by atoms with van der Waals surface area (Å²) < 4.78 is 10.5. The summed E-state index contributed by atoms with van der Waals surface area (Å²) in [4.78, 5) is 4.47. The van der Waals surface area contributed by atoms with E-state index >= 15 is 0 Å². The lowest BCUT2D eigenvalue weighted by atomic mass is 9.98. The summed E-state index contributed by atoms with van der Waals surface area (Å²) in [6.45, 7) is 5.64. The quantitative estimate of drug-likeness (QED) is 0.762. The van der Waals surface area contributed by atoms with Gasteiger partial charge in [-0.25, -0.2) is 0 Å². The summed E-state index contributed by atoms with van der Waals surface area (Å²) in [5.74, 6) is 2.11. The van der Waals surface area contributed by atoms with Crippen LogP contribution >= 0.6 is 0 Å². The van der Waals surface area contributed by atoms with Gasteiger partial charge in [0.1, 0.15) is 0 Å². The Kier molecular flexibility index (Phi) is 4.94. The molecule has 1 N–H and O–H groups in total. The van der Waals surface area contributed by atoms with E-state index in [9.17, 15) is 0 Å². The number of rotatable bonds is 6. The number of ether oxygens (including phenoxy) is 1. The monoisotopic (exact) mass is 239 g/mol. The molecular weight excluding hydrogens is 218 g/mol. The Bertz CT molecular complexity index is 321. The average Bonchev–Trinajstić information content (AvgIpc) is 2.85. The molecule has 0 aromatic carbocycles. The number of hydrogen-bond acceptors (Lipinski definition) is 5. The van der Waals surface area contributed by atoms with Gasteiger partial charge in [-0.05, 0) is 39.3 Å². The van der Waals surface area contributed by atoms with Crippen LogP contribution in [0.1, 0.15) is 43.8 Å². The van der Waals surface area contributed by atoms with Gasteiger partial charge in [-0.15, -0.1) is 0 Å². The largest absolute Gasteiger partial charge is 0.382 e.